The minimum Gasteiger partial charge on any atom is -0.469 e. The first-order valence-corrected chi connectivity index (χ1v) is 17.9. The number of ether oxygens (including phenoxy) is 4. The second-order valence-corrected chi connectivity index (χ2v) is 13.9. The lowest BCUT2D eigenvalue weighted by Gasteiger charge is -2.22. The highest BCUT2D eigenvalue weighted by molar-refractivity contribution is 7.99. The predicted octanol–water partition coefficient (Wildman–Crippen LogP) is 5.66. The maximum Gasteiger partial charge on any atom is 0.317 e. The first kappa shape index (κ1) is 37.0. The standard InChI is InChI=1S/C34H41N4O8PS/c1-25(34(40)43-4)24-47(41,46-22-21-45-20-19-44-18-17-42-3)38-31-23-27(48-32-11-6-5-10-29(32)33(39)35-2)13-14-28(31)30(37-38)15-12-26-9-7-8-16-36-26/h5-16,23,25H,17-22,24H2,1-4H3,(H,35,39)/b15-12+/t25-,47?/m1/s1. The minimum atomic E-state index is -3.86. The van der Waals surface area contributed by atoms with Gasteiger partial charge in [0, 0.05) is 35.5 Å². The lowest BCUT2D eigenvalue weighted by Crippen LogP contribution is -2.21. The maximum absolute atomic E-state index is 14.9. The number of nitrogens with zero attached hydrogens (tertiary/aromatic N) is 3. The summed E-state index contributed by atoms with van der Waals surface area (Å²) in [6.45, 7) is 3.41. The van der Waals surface area contributed by atoms with Crippen molar-refractivity contribution in [1.82, 2.24) is 19.9 Å². The van der Waals surface area contributed by atoms with Crippen LogP contribution in [-0.4, -0.2) is 93.5 Å². The second-order valence-electron chi connectivity index (χ2n) is 10.5. The van der Waals surface area contributed by atoms with Crippen molar-refractivity contribution in [3.63, 3.8) is 0 Å². The number of carbonyl (C=O) groups excluding carboxylic acids is 2. The molecule has 0 saturated heterocycles. The monoisotopic (exact) mass is 696 g/mol. The number of methoxy groups -OCH3 is 2. The molecule has 2 atom stereocenters. The van der Waals surface area contributed by atoms with Crippen LogP contribution in [0.5, 0.6) is 0 Å². The summed E-state index contributed by atoms with van der Waals surface area (Å²) in [6, 6.07) is 18.5. The molecule has 0 aliphatic rings. The molecule has 4 aromatic rings. The Bertz CT molecular complexity index is 1730. The van der Waals surface area contributed by atoms with Crippen LogP contribution in [0.2, 0.25) is 0 Å². The van der Waals surface area contributed by atoms with Gasteiger partial charge in [0.15, 0.2) is 0 Å². The highest BCUT2D eigenvalue weighted by Crippen LogP contribution is 2.52. The Balaban J connectivity index is 1.71. The summed E-state index contributed by atoms with van der Waals surface area (Å²) in [5.74, 6) is -1.47. The quantitative estimate of drug-likeness (QED) is 0.0738. The number of nitrogens with one attached hydrogen (secondary N) is 1. The number of amides is 1. The van der Waals surface area contributed by atoms with Crippen molar-refractivity contribution in [3.8, 4) is 0 Å². The molecule has 2 aromatic carbocycles. The van der Waals surface area contributed by atoms with Crippen LogP contribution in [-0.2, 0) is 32.8 Å². The van der Waals surface area contributed by atoms with Crippen LogP contribution in [0.1, 0.15) is 28.7 Å². The van der Waals surface area contributed by atoms with Crippen LogP contribution < -0.4 is 5.32 Å². The molecule has 2 heterocycles. The summed E-state index contributed by atoms with van der Waals surface area (Å²) >= 11 is 1.39. The van der Waals surface area contributed by atoms with Gasteiger partial charge in [-0.3, -0.25) is 19.1 Å². The SMILES string of the molecule is CNC(=O)c1ccccc1Sc1ccc2c(/C=C/c3ccccn3)nn(P(=O)(C[C@@H](C)C(=O)OC)OCCOCCOCCOC)c2c1. The van der Waals surface area contributed by atoms with Crippen molar-refractivity contribution < 1.29 is 37.6 Å². The van der Waals surface area contributed by atoms with E-state index in [0.717, 1.165) is 15.5 Å². The van der Waals surface area contributed by atoms with Crippen molar-refractivity contribution in [2.45, 2.75) is 16.7 Å². The fourth-order valence-electron chi connectivity index (χ4n) is 4.68. The van der Waals surface area contributed by atoms with Gasteiger partial charge in [0.05, 0.1) is 81.3 Å². The van der Waals surface area contributed by atoms with Gasteiger partial charge in [-0.25, -0.2) is 0 Å². The third-order valence-electron chi connectivity index (χ3n) is 7.07. The normalized spacial score (nSPS) is 13.4. The Labute approximate surface area is 284 Å². The zero-order valence-corrected chi connectivity index (χ0v) is 29.2. The number of pyridine rings is 1. The number of fused-ring (bicyclic) bond motifs is 1. The Morgan fingerprint density at radius 2 is 1.69 bits per heavy atom. The molecule has 1 amide bonds. The first-order valence-electron chi connectivity index (χ1n) is 15.4. The molecule has 0 radical (unpaired) electrons. The van der Waals surface area contributed by atoms with E-state index in [2.05, 4.69) is 10.3 Å². The Morgan fingerprint density at radius 1 is 0.958 bits per heavy atom. The van der Waals surface area contributed by atoms with Crippen LogP contribution in [0.25, 0.3) is 23.1 Å². The Morgan fingerprint density at radius 3 is 2.40 bits per heavy atom. The van der Waals surface area contributed by atoms with Crippen LogP contribution >= 0.6 is 19.3 Å². The van der Waals surface area contributed by atoms with E-state index < -0.39 is 19.4 Å². The van der Waals surface area contributed by atoms with E-state index in [9.17, 15) is 14.2 Å². The molecule has 0 bridgehead atoms. The highest BCUT2D eigenvalue weighted by Gasteiger charge is 2.35. The third kappa shape index (κ3) is 10.1. The molecule has 0 aliphatic heterocycles. The van der Waals surface area contributed by atoms with E-state index in [4.69, 9.17) is 28.6 Å². The van der Waals surface area contributed by atoms with Crippen molar-refractivity contribution in [1.29, 1.82) is 0 Å². The molecule has 0 fully saturated rings. The molecule has 48 heavy (non-hydrogen) atoms. The lowest BCUT2D eigenvalue weighted by molar-refractivity contribution is -0.144. The fraction of sp³-hybridized carbons (Fsp3) is 0.353. The zero-order chi connectivity index (χ0) is 34.4. The van der Waals surface area contributed by atoms with Crippen LogP contribution in [0, 0.1) is 5.92 Å². The van der Waals surface area contributed by atoms with Gasteiger partial charge in [-0.05, 0) is 54.6 Å². The molecule has 1 unspecified atom stereocenters. The number of carbonyl (C=O) groups is 2. The number of rotatable bonds is 19. The fourth-order valence-corrected chi connectivity index (χ4v) is 7.95. The zero-order valence-electron chi connectivity index (χ0n) is 27.5. The van der Waals surface area contributed by atoms with E-state index in [0.29, 0.717) is 48.6 Å². The molecule has 0 saturated carbocycles. The lowest BCUT2D eigenvalue weighted by atomic mass is 10.2. The van der Waals surface area contributed by atoms with Gasteiger partial charge in [0.1, 0.15) is 0 Å². The highest BCUT2D eigenvalue weighted by atomic mass is 32.2. The van der Waals surface area contributed by atoms with E-state index in [1.54, 1.807) is 45.5 Å². The number of benzene rings is 2. The van der Waals surface area contributed by atoms with Gasteiger partial charge in [0.2, 0.25) is 0 Å². The number of esters is 1. The summed E-state index contributed by atoms with van der Waals surface area (Å²) in [6.07, 6.45) is 5.16. The summed E-state index contributed by atoms with van der Waals surface area (Å²) in [4.78, 5) is 31.0. The summed E-state index contributed by atoms with van der Waals surface area (Å²) in [7, 11) is 0.614. The van der Waals surface area contributed by atoms with Crippen molar-refractivity contribution in [2.24, 2.45) is 5.92 Å². The summed E-state index contributed by atoms with van der Waals surface area (Å²) in [5, 5.41) is 8.19. The summed E-state index contributed by atoms with van der Waals surface area (Å²) in [5.41, 5.74) is 2.32. The first-order chi connectivity index (χ1) is 23.3. The van der Waals surface area contributed by atoms with Crippen LogP contribution in [0.15, 0.2) is 76.7 Å². The smallest absolute Gasteiger partial charge is 0.317 e. The van der Waals surface area contributed by atoms with Gasteiger partial charge < -0.3 is 28.8 Å². The molecule has 256 valence electrons. The number of hydrogen-bond donors (Lipinski definition) is 1. The second kappa shape index (κ2) is 18.6. The molecule has 0 aliphatic carbocycles. The van der Waals surface area contributed by atoms with Gasteiger partial charge in [0.25, 0.3) is 5.91 Å². The van der Waals surface area contributed by atoms with E-state index in [-0.39, 0.29) is 25.3 Å². The molecular weight excluding hydrogens is 655 g/mol. The van der Waals surface area contributed by atoms with E-state index in [1.807, 2.05) is 54.6 Å². The van der Waals surface area contributed by atoms with E-state index >= 15 is 0 Å². The predicted molar refractivity (Wildman–Crippen MR) is 185 cm³/mol. The van der Waals surface area contributed by atoms with Crippen LogP contribution in [0.4, 0.5) is 0 Å². The maximum atomic E-state index is 14.9. The van der Waals surface area contributed by atoms with Crippen molar-refractivity contribution in [2.75, 3.05) is 67.1 Å². The van der Waals surface area contributed by atoms with Gasteiger partial charge in [-0.2, -0.15) is 9.55 Å². The average molecular weight is 697 g/mol. The number of aromatic nitrogens is 3. The van der Waals surface area contributed by atoms with Crippen molar-refractivity contribution in [3.05, 3.63) is 83.8 Å². The minimum absolute atomic E-state index is 0.0162. The average Bonchev–Trinajstić information content (AvgIpc) is 3.48. The molecule has 1 N–H and O–H groups in total. The molecule has 2 aromatic heterocycles. The Hall–Kier alpha value is -3.84. The molecular formula is C34H41N4O8PS. The molecule has 14 heteroatoms. The summed E-state index contributed by atoms with van der Waals surface area (Å²) < 4.78 is 43.4. The van der Waals surface area contributed by atoms with Gasteiger partial charge in [-0.15, -0.1) is 0 Å². The van der Waals surface area contributed by atoms with Crippen molar-refractivity contribution >= 4 is 54.2 Å². The largest absolute Gasteiger partial charge is 0.469 e. The van der Waals surface area contributed by atoms with Gasteiger partial charge in [-0.1, -0.05) is 36.9 Å². The molecule has 12 nitrogen and oxygen atoms in total. The molecule has 0 spiro atoms. The number of hydrogen-bond acceptors (Lipinski definition) is 11. The molecule has 4 rings (SSSR count). The van der Waals surface area contributed by atoms with E-state index in [1.165, 1.54) is 23.3 Å². The topological polar surface area (TPSA) is 140 Å². The van der Waals surface area contributed by atoms with Crippen LogP contribution in [0.3, 0.4) is 0 Å². The Kier molecular flexibility index (Phi) is 14.4. The third-order valence-corrected chi connectivity index (χ3v) is 10.6. The van der Waals surface area contributed by atoms with Gasteiger partial charge >= 0.3 is 13.5 Å².